The van der Waals surface area contributed by atoms with Crippen molar-refractivity contribution in [3.63, 3.8) is 0 Å². The predicted octanol–water partition coefficient (Wildman–Crippen LogP) is 7.95. The Kier molecular flexibility index (Phi) is 30.1. The molecule has 9 heteroatoms. The maximum Gasteiger partial charge on any atom is 0.297 e. The van der Waals surface area contributed by atoms with E-state index in [1.807, 2.05) is 37.3 Å². The van der Waals surface area contributed by atoms with E-state index in [1.54, 1.807) is 6.92 Å². The minimum Gasteiger partial charge on any atom is -0.350 e. The van der Waals surface area contributed by atoms with Crippen molar-refractivity contribution in [3.8, 4) is 142 Å². The molecule has 0 saturated carbocycles. The van der Waals surface area contributed by atoms with E-state index in [2.05, 4.69) is 185 Å². The monoisotopic (exact) mass is 921 g/mol. The molecule has 3 rings (SSSR count). The summed E-state index contributed by atoms with van der Waals surface area (Å²) in [5, 5.41) is 16.6. The van der Waals surface area contributed by atoms with Crippen LogP contribution in [0.3, 0.4) is 0 Å². The van der Waals surface area contributed by atoms with Crippen LogP contribution in [-0.2, 0) is 33.7 Å². The number of carbonyl (C=O) groups excluding carboxylic acids is 1. The van der Waals surface area contributed by atoms with Crippen molar-refractivity contribution in [1.82, 2.24) is 5.32 Å². The maximum absolute atomic E-state index is 13.2. The normalized spacial score (nSPS) is 19.1. The summed E-state index contributed by atoms with van der Waals surface area (Å²) in [4.78, 5) is 18.5. The number of benzene rings is 1. The lowest BCUT2D eigenvalue weighted by Crippen LogP contribution is -2.60. The van der Waals surface area contributed by atoms with Gasteiger partial charge >= 0.3 is 0 Å². The van der Waals surface area contributed by atoms with Crippen LogP contribution in [0.25, 0.3) is 0 Å². The summed E-state index contributed by atoms with van der Waals surface area (Å²) in [7, 11) is 0. The molecular formula is C60H59NO8. The molecule has 9 nitrogen and oxygen atoms in total. The number of ether oxygens (including phenoxy) is 4. The van der Waals surface area contributed by atoms with Crippen molar-refractivity contribution in [2.45, 2.75) is 142 Å². The van der Waals surface area contributed by atoms with Crippen molar-refractivity contribution in [3.05, 3.63) is 48.0 Å². The van der Waals surface area contributed by atoms with Gasteiger partial charge in [-0.05, 0) is 133 Å². The Hall–Kier alpha value is -7.13. The van der Waals surface area contributed by atoms with Crippen molar-refractivity contribution < 1.29 is 38.9 Å². The first kappa shape index (κ1) is 56.2. The minimum atomic E-state index is -0.807. The van der Waals surface area contributed by atoms with Gasteiger partial charge in [-0.3, -0.25) is 4.79 Å². The fourth-order valence-electron chi connectivity index (χ4n) is 6.99. The number of fused-ring (bicyclic) bond motifs is 1. The smallest absolute Gasteiger partial charge is 0.297 e. The highest BCUT2D eigenvalue weighted by atomic mass is 17.5. The second-order valence-corrected chi connectivity index (χ2v) is 15.9. The molecule has 1 aromatic carbocycles. The summed E-state index contributed by atoms with van der Waals surface area (Å²) >= 11 is 0. The molecule has 2 fully saturated rings. The number of nitrogens with one attached hydrogen (secondary N) is 1. The lowest BCUT2D eigenvalue weighted by molar-refractivity contribution is -0.530. The Morgan fingerprint density at radius 3 is 1.78 bits per heavy atom. The van der Waals surface area contributed by atoms with Crippen molar-refractivity contribution in [1.29, 1.82) is 0 Å². The average Bonchev–Trinajstić information content (AvgIpc) is 3.36. The van der Waals surface area contributed by atoms with E-state index < -0.39 is 48.8 Å². The van der Waals surface area contributed by atoms with Crippen molar-refractivity contribution >= 4 is 5.91 Å². The molecule has 6 unspecified atom stereocenters. The molecule has 1 amide bonds. The molecule has 2 aliphatic rings. The van der Waals surface area contributed by atoms with Crippen LogP contribution >= 0.6 is 0 Å². The number of hydrogen-bond donors (Lipinski definition) is 2. The number of carbonyl (C=O) groups is 1. The van der Waals surface area contributed by atoms with Gasteiger partial charge in [0, 0.05) is 52.9 Å². The SMILES string of the molecule is CC#CC#CC#CC#CC#CC#CC#CC#CC#CC#CC#CC#CC(=O)N[C@@H](COC1OC2COC(c3ccccc3)OC2C(OOO)C1C)[C@H](C)[C@H](C)CC=CCCCCCCCCCCC. The van der Waals surface area contributed by atoms with Gasteiger partial charge in [0.05, 0.1) is 19.3 Å². The van der Waals surface area contributed by atoms with Crippen LogP contribution < -0.4 is 5.32 Å². The van der Waals surface area contributed by atoms with Crippen LogP contribution in [-0.4, -0.2) is 55.0 Å². The third-order valence-corrected chi connectivity index (χ3v) is 10.9. The first-order valence-corrected chi connectivity index (χ1v) is 23.3. The van der Waals surface area contributed by atoms with Crippen LogP contribution in [0.5, 0.6) is 0 Å². The average molecular weight is 922 g/mol. The summed E-state index contributed by atoms with van der Waals surface area (Å²) in [6.07, 6.45) is 14.6. The number of unbranched alkanes of at least 4 members (excludes halogenated alkanes) is 9. The molecule has 352 valence electrons. The Morgan fingerprint density at radius 1 is 0.725 bits per heavy atom. The molecule has 2 heterocycles. The molecule has 0 aliphatic carbocycles. The highest BCUT2D eigenvalue weighted by Crippen LogP contribution is 2.38. The largest absolute Gasteiger partial charge is 0.350 e. The highest BCUT2D eigenvalue weighted by molar-refractivity contribution is 5.94. The van der Waals surface area contributed by atoms with Gasteiger partial charge in [-0.15, -0.1) is 0 Å². The van der Waals surface area contributed by atoms with E-state index in [9.17, 15) is 10.1 Å². The van der Waals surface area contributed by atoms with Gasteiger partial charge in [0.25, 0.3) is 5.91 Å². The lowest BCUT2D eigenvalue weighted by Gasteiger charge is -2.47. The number of amides is 1. The van der Waals surface area contributed by atoms with E-state index in [4.69, 9.17) is 23.8 Å². The van der Waals surface area contributed by atoms with Crippen LogP contribution in [0.4, 0.5) is 0 Å². The lowest BCUT2D eigenvalue weighted by atomic mass is 9.86. The number of hydrogen-bond acceptors (Lipinski definition) is 8. The molecule has 69 heavy (non-hydrogen) atoms. The van der Waals surface area contributed by atoms with Gasteiger partial charge in [0.15, 0.2) is 12.6 Å². The van der Waals surface area contributed by atoms with Crippen LogP contribution in [0.15, 0.2) is 42.5 Å². The second-order valence-electron chi connectivity index (χ2n) is 15.9. The van der Waals surface area contributed by atoms with E-state index in [-0.39, 0.29) is 25.0 Å². The van der Waals surface area contributed by atoms with E-state index in [0.29, 0.717) is 0 Å². The third-order valence-electron chi connectivity index (χ3n) is 10.9. The molecule has 1 aromatic rings. The van der Waals surface area contributed by atoms with Gasteiger partial charge in [0.2, 0.25) is 0 Å². The maximum atomic E-state index is 13.2. The Labute approximate surface area is 411 Å². The molecule has 9 atom stereocenters. The zero-order valence-electron chi connectivity index (χ0n) is 40.2. The van der Waals surface area contributed by atoms with E-state index in [0.717, 1.165) is 18.4 Å². The molecule has 0 bridgehead atoms. The first-order valence-electron chi connectivity index (χ1n) is 23.3. The molecule has 0 aromatic heterocycles. The van der Waals surface area contributed by atoms with Gasteiger partial charge in [-0.25, -0.2) is 5.26 Å². The molecular weight excluding hydrogens is 863 g/mol. The molecule has 2 saturated heterocycles. The van der Waals surface area contributed by atoms with Crippen LogP contribution in [0, 0.1) is 160 Å². The van der Waals surface area contributed by atoms with E-state index >= 15 is 0 Å². The number of rotatable bonds is 21. The van der Waals surface area contributed by atoms with Crippen LogP contribution in [0.2, 0.25) is 0 Å². The van der Waals surface area contributed by atoms with Crippen molar-refractivity contribution in [2.75, 3.05) is 13.2 Å². The van der Waals surface area contributed by atoms with Crippen LogP contribution in [0.1, 0.15) is 117 Å². The fourth-order valence-corrected chi connectivity index (χ4v) is 6.99. The molecule has 2 aliphatic heterocycles. The summed E-state index contributed by atoms with van der Waals surface area (Å²) in [5.74, 6) is 60.3. The minimum absolute atomic E-state index is 0.0259. The summed E-state index contributed by atoms with van der Waals surface area (Å²) in [5.41, 5.74) is 0.838. The quantitative estimate of drug-likeness (QED) is 0.0422. The van der Waals surface area contributed by atoms with E-state index in [1.165, 1.54) is 57.8 Å². The summed E-state index contributed by atoms with van der Waals surface area (Å²) in [6.45, 7) is 10.3. The Balaban J connectivity index is 1.59. The predicted molar refractivity (Wildman–Crippen MR) is 267 cm³/mol. The Morgan fingerprint density at radius 2 is 1.25 bits per heavy atom. The zero-order valence-corrected chi connectivity index (χ0v) is 40.2. The van der Waals surface area contributed by atoms with Gasteiger partial charge in [-0.1, -0.05) is 133 Å². The second kappa shape index (κ2) is 36.9. The van der Waals surface area contributed by atoms with Gasteiger partial charge < -0.3 is 24.3 Å². The van der Waals surface area contributed by atoms with Gasteiger partial charge in [0.1, 0.15) is 18.3 Å². The standard InChI is InChI=1S/C60H59NO8/c1-6-8-10-12-14-16-18-20-21-22-23-24-25-26-27-28-29-30-32-34-36-38-43-47-56(62)61-54(51(4)50(3)44-40-37-35-33-31-19-17-15-13-11-9-7-2)48-64-59-52(5)57(68-69-63)58-55(66-59)49-65-60(67-58)53-45-41-39-42-46-53/h37,39-42,45-46,50-52,54-55,57-60,63H,7,9,11,13,15,17,19,31,33,35,44,48-49H2,1-5H3,(H,61,62)/t50-,51-,52?,54+,55?,57?,58?,59?,60?/m1/s1. The number of allylic oxidation sites excluding steroid dienone is 2. The fraction of sp³-hybridized carbons (Fsp3) is 0.450. The topological polar surface area (TPSA) is 105 Å². The first-order chi connectivity index (χ1) is 33.9. The summed E-state index contributed by atoms with van der Waals surface area (Å²) in [6, 6.07) is 9.08. The molecule has 2 N–H and O–H groups in total. The van der Waals surface area contributed by atoms with Gasteiger partial charge in [-0.2, -0.15) is 4.89 Å². The van der Waals surface area contributed by atoms with Crippen molar-refractivity contribution in [2.24, 2.45) is 17.8 Å². The zero-order chi connectivity index (χ0) is 49.4. The molecule has 0 spiro atoms. The molecule has 0 radical (unpaired) electrons. The summed E-state index contributed by atoms with van der Waals surface area (Å²) < 4.78 is 25.1. The highest BCUT2D eigenvalue weighted by Gasteiger charge is 2.50. The Bertz CT molecular complexity index is 2620. The third kappa shape index (κ3) is 24.5.